The molecule has 0 saturated carbocycles. The summed E-state index contributed by atoms with van der Waals surface area (Å²) in [7, 11) is 1.69. The minimum Gasteiger partial charge on any atom is -0.463 e. The van der Waals surface area contributed by atoms with Gasteiger partial charge in [-0.2, -0.15) is 0 Å². The molecule has 1 N–H and O–H groups in total. The Labute approximate surface area is 139 Å². The smallest absolute Gasteiger partial charge is 0.333 e. The number of hydrogen-bond acceptors (Lipinski definition) is 4. The van der Waals surface area contributed by atoms with Gasteiger partial charge in [0.05, 0.1) is 12.6 Å². The SMILES string of the molecule is CCC[C@@H](NC=O)C(=O)N(C)[C@H](/C=C(\C)C(=O)OCC)C(C)C. The van der Waals surface area contributed by atoms with Crippen molar-refractivity contribution in [2.75, 3.05) is 13.7 Å². The Kier molecular flexibility index (Phi) is 9.94. The number of nitrogens with one attached hydrogen (secondary N) is 1. The maximum absolute atomic E-state index is 12.6. The molecule has 0 aromatic rings. The summed E-state index contributed by atoms with van der Waals surface area (Å²) in [5.41, 5.74) is 0.473. The highest BCUT2D eigenvalue weighted by Crippen LogP contribution is 2.16. The van der Waals surface area contributed by atoms with Crippen LogP contribution in [0.3, 0.4) is 0 Å². The van der Waals surface area contributed by atoms with E-state index in [1.165, 1.54) is 0 Å². The van der Waals surface area contributed by atoms with E-state index < -0.39 is 6.04 Å². The Morgan fingerprint density at radius 2 is 1.87 bits per heavy atom. The van der Waals surface area contributed by atoms with Gasteiger partial charge in [-0.15, -0.1) is 0 Å². The summed E-state index contributed by atoms with van der Waals surface area (Å²) in [6, 6.07) is -0.792. The third-order valence-electron chi connectivity index (χ3n) is 3.64. The molecule has 23 heavy (non-hydrogen) atoms. The van der Waals surface area contributed by atoms with Crippen molar-refractivity contribution < 1.29 is 19.1 Å². The van der Waals surface area contributed by atoms with Gasteiger partial charge in [0.1, 0.15) is 6.04 Å². The van der Waals surface area contributed by atoms with Crippen LogP contribution in [-0.2, 0) is 19.1 Å². The van der Waals surface area contributed by atoms with Gasteiger partial charge >= 0.3 is 5.97 Å². The van der Waals surface area contributed by atoms with E-state index in [0.29, 0.717) is 25.0 Å². The van der Waals surface area contributed by atoms with Gasteiger partial charge in [0.15, 0.2) is 0 Å². The second-order valence-corrected chi connectivity index (χ2v) is 5.88. The van der Waals surface area contributed by atoms with Crippen LogP contribution in [0.2, 0.25) is 0 Å². The van der Waals surface area contributed by atoms with E-state index >= 15 is 0 Å². The fraction of sp³-hybridized carbons (Fsp3) is 0.706. The molecule has 0 fully saturated rings. The van der Waals surface area contributed by atoms with Gasteiger partial charge in [0.2, 0.25) is 12.3 Å². The molecule has 0 aliphatic carbocycles. The molecule has 0 heterocycles. The first-order chi connectivity index (χ1) is 10.8. The molecule has 2 amide bonds. The average molecular weight is 326 g/mol. The topological polar surface area (TPSA) is 75.7 Å². The van der Waals surface area contributed by atoms with Crippen molar-refractivity contribution >= 4 is 18.3 Å². The fourth-order valence-corrected chi connectivity index (χ4v) is 2.36. The Morgan fingerprint density at radius 1 is 1.26 bits per heavy atom. The molecular weight excluding hydrogens is 296 g/mol. The number of nitrogens with zero attached hydrogens (tertiary/aromatic N) is 1. The lowest BCUT2D eigenvalue weighted by atomic mass is 9.99. The highest BCUT2D eigenvalue weighted by atomic mass is 16.5. The molecule has 0 unspecified atom stereocenters. The largest absolute Gasteiger partial charge is 0.463 e. The molecule has 6 nitrogen and oxygen atoms in total. The summed E-state index contributed by atoms with van der Waals surface area (Å²) in [4.78, 5) is 36.7. The van der Waals surface area contributed by atoms with Crippen LogP contribution in [-0.4, -0.2) is 48.9 Å². The highest BCUT2D eigenvalue weighted by Gasteiger charge is 2.27. The zero-order valence-electron chi connectivity index (χ0n) is 15.1. The number of carbonyl (C=O) groups excluding carboxylic acids is 3. The van der Waals surface area contributed by atoms with Crippen LogP contribution in [0.4, 0.5) is 0 Å². The Hall–Kier alpha value is -1.85. The van der Waals surface area contributed by atoms with Crippen LogP contribution in [0.1, 0.15) is 47.5 Å². The third kappa shape index (κ3) is 6.84. The quantitative estimate of drug-likeness (QED) is 0.378. The number of ether oxygens (including phenoxy) is 1. The molecule has 2 atom stereocenters. The van der Waals surface area contributed by atoms with Crippen LogP contribution >= 0.6 is 0 Å². The van der Waals surface area contributed by atoms with E-state index in [4.69, 9.17) is 4.74 Å². The lowest BCUT2D eigenvalue weighted by Crippen LogP contribution is -2.49. The molecule has 0 aliphatic heterocycles. The lowest BCUT2D eigenvalue weighted by molar-refractivity contribution is -0.139. The molecule has 0 spiro atoms. The van der Waals surface area contributed by atoms with Gasteiger partial charge in [0.25, 0.3) is 0 Å². The van der Waals surface area contributed by atoms with Crippen molar-refractivity contribution in [2.45, 2.75) is 59.5 Å². The van der Waals surface area contributed by atoms with Gasteiger partial charge < -0.3 is 15.0 Å². The van der Waals surface area contributed by atoms with E-state index in [2.05, 4.69) is 5.32 Å². The van der Waals surface area contributed by atoms with E-state index in [0.717, 1.165) is 6.42 Å². The van der Waals surface area contributed by atoms with Crippen molar-refractivity contribution in [3.8, 4) is 0 Å². The molecular formula is C17H30N2O4. The number of likely N-dealkylation sites (N-methyl/N-ethyl adjacent to an activating group) is 1. The Morgan fingerprint density at radius 3 is 2.30 bits per heavy atom. The molecule has 132 valence electrons. The maximum atomic E-state index is 12.6. The first-order valence-corrected chi connectivity index (χ1v) is 8.11. The summed E-state index contributed by atoms with van der Waals surface area (Å²) < 4.78 is 4.98. The highest BCUT2D eigenvalue weighted by molar-refractivity contribution is 5.88. The van der Waals surface area contributed by atoms with Crippen molar-refractivity contribution in [3.63, 3.8) is 0 Å². The molecule has 0 bridgehead atoms. The maximum Gasteiger partial charge on any atom is 0.333 e. The molecule has 0 rings (SSSR count). The summed E-state index contributed by atoms with van der Waals surface area (Å²) in [6.07, 6.45) is 3.67. The molecule has 0 aliphatic rings. The summed E-state index contributed by atoms with van der Waals surface area (Å²) in [5.74, 6) is -0.424. The van der Waals surface area contributed by atoms with E-state index in [1.54, 1.807) is 31.9 Å². The second-order valence-electron chi connectivity index (χ2n) is 5.88. The third-order valence-corrected chi connectivity index (χ3v) is 3.64. The molecule has 0 aromatic heterocycles. The minimum atomic E-state index is -0.542. The minimum absolute atomic E-state index is 0.117. The van der Waals surface area contributed by atoms with Gasteiger partial charge in [-0.1, -0.05) is 33.3 Å². The summed E-state index contributed by atoms with van der Waals surface area (Å²) in [6.45, 7) is 9.65. The van der Waals surface area contributed by atoms with Crippen LogP contribution in [0, 0.1) is 5.92 Å². The van der Waals surface area contributed by atoms with Crippen molar-refractivity contribution in [1.82, 2.24) is 10.2 Å². The van der Waals surface area contributed by atoms with Gasteiger partial charge in [0, 0.05) is 12.6 Å². The predicted octanol–water partition coefficient (Wildman–Crippen LogP) is 1.89. The predicted molar refractivity (Wildman–Crippen MR) is 89.7 cm³/mol. The van der Waals surface area contributed by atoms with Crippen LogP contribution in [0.25, 0.3) is 0 Å². The van der Waals surface area contributed by atoms with Crippen LogP contribution < -0.4 is 5.32 Å². The van der Waals surface area contributed by atoms with Gasteiger partial charge in [-0.3, -0.25) is 9.59 Å². The molecule has 6 heteroatoms. The number of carbonyl (C=O) groups is 3. The molecule has 0 radical (unpaired) electrons. The Balaban J connectivity index is 5.28. The fourth-order valence-electron chi connectivity index (χ4n) is 2.36. The van der Waals surface area contributed by atoms with Gasteiger partial charge in [-0.25, -0.2) is 4.79 Å². The van der Waals surface area contributed by atoms with Crippen LogP contribution in [0.15, 0.2) is 11.6 Å². The number of amides is 2. The van der Waals surface area contributed by atoms with Crippen molar-refractivity contribution in [1.29, 1.82) is 0 Å². The lowest BCUT2D eigenvalue weighted by Gasteiger charge is -2.32. The number of rotatable bonds is 10. The monoisotopic (exact) mass is 326 g/mol. The normalized spacial score (nSPS) is 14.1. The van der Waals surface area contributed by atoms with Gasteiger partial charge in [-0.05, 0) is 26.2 Å². The van der Waals surface area contributed by atoms with E-state index in [1.807, 2.05) is 20.8 Å². The summed E-state index contributed by atoms with van der Waals surface area (Å²) >= 11 is 0. The zero-order valence-corrected chi connectivity index (χ0v) is 15.1. The molecule has 0 saturated heterocycles. The second kappa shape index (κ2) is 10.8. The average Bonchev–Trinajstić information content (AvgIpc) is 2.50. The first kappa shape index (κ1) is 21.1. The number of esters is 1. The Bertz CT molecular complexity index is 432. The standard InChI is InChI=1S/C17H30N2O4/c1-7-9-14(18-11-20)16(21)19(6)15(12(3)4)10-13(5)17(22)23-8-2/h10-12,14-15H,7-9H2,1-6H3,(H,18,20)/b13-10+/t14-,15-/m1/s1. The zero-order chi connectivity index (χ0) is 18.0. The number of hydrogen-bond donors (Lipinski definition) is 1. The van der Waals surface area contributed by atoms with Crippen LogP contribution in [0.5, 0.6) is 0 Å². The van der Waals surface area contributed by atoms with E-state index in [9.17, 15) is 14.4 Å². The first-order valence-electron chi connectivity index (χ1n) is 8.11. The van der Waals surface area contributed by atoms with Crippen molar-refractivity contribution in [3.05, 3.63) is 11.6 Å². The molecule has 0 aromatic carbocycles. The van der Waals surface area contributed by atoms with E-state index in [-0.39, 0.29) is 23.8 Å². The van der Waals surface area contributed by atoms with Crippen molar-refractivity contribution in [2.24, 2.45) is 5.92 Å². The summed E-state index contributed by atoms with van der Waals surface area (Å²) in [5, 5.41) is 2.57.